The maximum atomic E-state index is 5.99. The van der Waals surface area contributed by atoms with Crippen LogP contribution in [0, 0.1) is 0 Å². The molecule has 110 valence electrons. The molecule has 3 heterocycles. The Hall–Kier alpha value is -2.50. The fraction of sp³-hybridized carbons (Fsp3) is 0.333. The van der Waals surface area contributed by atoms with E-state index in [9.17, 15) is 0 Å². The number of rotatable bonds is 3. The van der Waals surface area contributed by atoms with Crippen molar-refractivity contribution >= 4 is 17.3 Å². The van der Waals surface area contributed by atoms with Crippen LogP contribution in [-0.2, 0) is 0 Å². The Labute approximate surface area is 124 Å². The summed E-state index contributed by atoms with van der Waals surface area (Å²) in [7, 11) is 1.65. The van der Waals surface area contributed by atoms with Crippen molar-refractivity contribution < 1.29 is 4.74 Å². The number of nitrogen functional groups attached to an aromatic ring is 1. The summed E-state index contributed by atoms with van der Waals surface area (Å²) >= 11 is 0. The molecule has 1 aliphatic heterocycles. The molecule has 2 aromatic heterocycles. The number of anilines is 3. The van der Waals surface area contributed by atoms with Crippen LogP contribution >= 0.6 is 0 Å². The number of ether oxygens (including phenoxy) is 1. The van der Waals surface area contributed by atoms with E-state index in [2.05, 4.69) is 19.8 Å². The number of piperazine rings is 1. The van der Waals surface area contributed by atoms with Crippen molar-refractivity contribution in [3.8, 4) is 5.75 Å². The van der Waals surface area contributed by atoms with Gasteiger partial charge in [0.2, 0.25) is 0 Å². The van der Waals surface area contributed by atoms with E-state index in [0.717, 1.165) is 49.3 Å². The Bertz CT molecular complexity index is 593. The lowest BCUT2D eigenvalue weighted by molar-refractivity contribution is 0.413. The molecule has 0 aromatic carbocycles. The lowest BCUT2D eigenvalue weighted by Crippen LogP contribution is -2.47. The zero-order valence-corrected chi connectivity index (χ0v) is 12.1. The summed E-state index contributed by atoms with van der Waals surface area (Å²) < 4.78 is 5.13. The monoisotopic (exact) mass is 285 g/mol. The van der Waals surface area contributed by atoms with Crippen LogP contribution < -0.4 is 20.3 Å². The van der Waals surface area contributed by atoms with E-state index in [4.69, 9.17) is 10.5 Å². The number of nitrogens with zero attached hydrogens (tertiary/aromatic N) is 4. The molecule has 0 amide bonds. The van der Waals surface area contributed by atoms with E-state index in [-0.39, 0.29) is 0 Å². The van der Waals surface area contributed by atoms with Gasteiger partial charge in [-0.3, -0.25) is 0 Å². The zero-order valence-electron chi connectivity index (χ0n) is 12.1. The van der Waals surface area contributed by atoms with Gasteiger partial charge in [0.05, 0.1) is 19.0 Å². The van der Waals surface area contributed by atoms with Crippen molar-refractivity contribution in [1.82, 2.24) is 9.97 Å². The summed E-state index contributed by atoms with van der Waals surface area (Å²) in [5.41, 5.74) is 6.72. The number of methoxy groups -OCH3 is 1. The maximum absolute atomic E-state index is 5.99. The number of aromatic nitrogens is 2. The van der Waals surface area contributed by atoms with Crippen LogP contribution in [0.25, 0.3) is 0 Å². The highest BCUT2D eigenvalue weighted by Crippen LogP contribution is 2.22. The Morgan fingerprint density at radius 1 is 1.05 bits per heavy atom. The minimum atomic E-state index is 0.730. The standard InChI is InChI=1S/C15H19N5O/c1-21-12-4-5-14(18-11-12)19-7-9-20(10-8-19)15-13(16)3-2-6-17-15/h2-6,11H,7-10,16H2,1H3. The predicted molar refractivity (Wildman–Crippen MR) is 83.9 cm³/mol. The molecule has 1 saturated heterocycles. The van der Waals surface area contributed by atoms with Crippen LogP contribution in [0.2, 0.25) is 0 Å². The summed E-state index contributed by atoms with van der Waals surface area (Å²) in [5.74, 6) is 2.63. The largest absolute Gasteiger partial charge is 0.495 e. The normalized spacial score (nSPS) is 15.1. The van der Waals surface area contributed by atoms with Crippen molar-refractivity contribution in [2.24, 2.45) is 0 Å². The molecule has 6 nitrogen and oxygen atoms in total. The Kier molecular flexibility index (Phi) is 3.77. The third-order valence-corrected chi connectivity index (χ3v) is 3.68. The van der Waals surface area contributed by atoms with Gasteiger partial charge >= 0.3 is 0 Å². The Morgan fingerprint density at radius 2 is 1.81 bits per heavy atom. The van der Waals surface area contributed by atoms with Crippen molar-refractivity contribution in [1.29, 1.82) is 0 Å². The van der Waals surface area contributed by atoms with E-state index >= 15 is 0 Å². The lowest BCUT2D eigenvalue weighted by Gasteiger charge is -2.36. The predicted octanol–water partition coefficient (Wildman–Crippen LogP) is 1.39. The van der Waals surface area contributed by atoms with Gasteiger partial charge in [0.25, 0.3) is 0 Å². The van der Waals surface area contributed by atoms with E-state index < -0.39 is 0 Å². The highest BCUT2D eigenvalue weighted by Gasteiger charge is 2.20. The van der Waals surface area contributed by atoms with Crippen LogP contribution in [0.4, 0.5) is 17.3 Å². The van der Waals surface area contributed by atoms with Crippen molar-refractivity contribution in [3.05, 3.63) is 36.7 Å². The van der Waals surface area contributed by atoms with Crippen LogP contribution in [0.15, 0.2) is 36.7 Å². The molecule has 0 radical (unpaired) electrons. The number of pyridine rings is 2. The van der Waals surface area contributed by atoms with Gasteiger partial charge in [-0.15, -0.1) is 0 Å². The van der Waals surface area contributed by atoms with Gasteiger partial charge in [0.15, 0.2) is 5.82 Å². The lowest BCUT2D eigenvalue weighted by atomic mass is 10.2. The Balaban J connectivity index is 1.66. The molecule has 1 fully saturated rings. The first-order valence-corrected chi connectivity index (χ1v) is 6.98. The maximum Gasteiger partial charge on any atom is 0.151 e. The van der Waals surface area contributed by atoms with Crippen LogP contribution in [0.5, 0.6) is 5.75 Å². The second-order valence-electron chi connectivity index (χ2n) is 4.95. The molecule has 0 atom stereocenters. The van der Waals surface area contributed by atoms with Crippen molar-refractivity contribution in [2.45, 2.75) is 0 Å². The van der Waals surface area contributed by atoms with Crippen molar-refractivity contribution in [3.63, 3.8) is 0 Å². The smallest absolute Gasteiger partial charge is 0.151 e. The summed E-state index contributed by atoms with van der Waals surface area (Å²) in [6, 6.07) is 7.67. The highest BCUT2D eigenvalue weighted by molar-refractivity contribution is 5.62. The quantitative estimate of drug-likeness (QED) is 0.919. The molecule has 0 unspecified atom stereocenters. The van der Waals surface area contributed by atoms with Gasteiger partial charge in [-0.2, -0.15) is 0 Å². The molecule has 21 heavy (non-hydrogen) atoms. The molecule has 0 bridgehead atoms. The van der Waals surface area contributed by atoms with Crippen LogP contribution in [-0.4, -0.2) is 43.3 Å². The molecule has 2 N–H and O–H groups in total. The van der Waals surface area contributed by atoms with Crippen LogP contribution in [0.1, 0.15) is 0 Å². The van der Waals surface area contributed by atoms with Gasteiger partial charge in [-0.05, 0) is 24.3 Å². The molecular formula is C15H19N5O. The molecule has 1 aliphatic rings. The second-order valence-corrected chi connectivity index (χ2v) is 4.95. The van der Waals surface area contributed by atoms with E-state index in [1.54, 1.807) is 19.5 Å². The summed E-state index contributed by atoms with van der Waals surface area (Å²) in [4.78, 5) is 13.3. The number of hydrogen-bond acceptors (Lipinski definition) is 6. The fourth-order valence-electron chi connectivity index (χ4n) is 2.50. The first kappa shape index (κ1) is 13.5. The molecule has 6 heteroatoms. The summed E-state index contributed by atoms with van der Waals surface area (Å²) in [5, 5.41) is 0. The molecule has 0 aliphatic carbocycles. The van der Waals surface area contributed by atoms with E-state index in [1.807, 2.05) is 24.3 Å². The molecule has 0 saturated carbocycles. The first-order chi connectivity index (χ1) is 10.3. The average Bonchev–Trinajstić information content (AvgIpc) is 2.56. The molecular weight excluding hydrogens is 266 g/mol. The van der Waals surface area contributed by atoms with Gasteiger partial charge in [0, 0.05) is 32.4 Å². The highest BCUT2D eigenvalue weighted by atomic mass is 16.5. The Morgan fingerprint density at radius 3 is 2.43 bits per heavy atom. The van der Waals surface area contributed by atoms with Gasteiger partial charge < -0.3 is 20.3 Å². The fourth-order valence-corrected chi connectivity index (χ4v) is 2.50. The van der Waals surface area contributed by atoms with E-state index in [1.165, 1.54) is 0 Å². The topological polar surface area (TPSA) is 67.5 Å². The second kappa shape index (κ2) is 5.87. The zero-order chi connectivity index (χ0) is 14.7. The first-order valence-electron chi connectivity index (χ1n) is 6.98. The SMILES string of the molecule is COc1ccc(N2CCN(c3ncccc3N)CC2)nc1. The van der Waals surface area contributed by atoms with E-state index in [0.29, 0.717) is 0 Å². The average molecular weight is 285 g/mol. The number of hydrogen-bond donors (Lipinski definition) is 1. The molecule has 3 rings (SSSR count). The molecule has 0 spiro atoms. The third-order valence-electron chi connectivity index (χ3n) is 3.68. The van der Waals surface area contributed by atoms with Gasteiger partial charge in [0.1, 0.15) is 11.6 Å². The third kappa shape index (κ3) is 2.84. The summed E-state index contributed by atoms with van der Waals surface area (Å²) in [6.07, 6.45) is 3.53. The molecule has 2 aromatic rings. The van der Waals surface area contributed by atoms with Gasteiger partial charge in [-0.1, -0.05) is 0 Å². The van der Waals surface area contributed by atoms with Gasteiger partial charge in [-0.25, -0.2) is 9.97 Å². The van der Waals surface area contributed by atoms with Crippen LogP contribution in [0.3, 0.4) is 0 Å². The number of nitrogens with two attached hydrogens (primary N) is 1. The minimum absolute atomic E-state index is 0.730. The van der Waals surface area contributed by atoms with Crippen molar-refractivity contribution in [2.75, 3.05) is 48.8 Å². The minimum Gasteiger partial charge on any atom is -0.495 e. The summed E-state index contributed by atoms with van der Waals surface area (Å²) in [6.45, 7) is 3.56.